The third kappa shape index (κ3) is 9.26. The summed E-state index contributed by atoms with van der Waals surface area (Å²) < 4.78 is 32.8. The molecule has 1 N–H and O–H groups in total. The Balaban J connectivity index is 0.00000507. The van der Waals surface area contributed by atoms with Gasteiger partial charge < -0.3 is 9.64 Å². The first-order valence-electron chi connectivity index (χ1n) is 13.3. The van der Waals surface area contributed by atoms with Crippen LogP contribution in [0.15, 0.2) is 42.5 Å². The van der Waals surface area contributed by atoms with Crippen LogP contribution in [0.5, 0.6) is 5.75 Å². The molecule has 0 atom stereocenters. The highest BCUT2D eigenvalue weighted by Crippen LogP contribution is 2.35. The number of carbonyl (C=O) groups excluding carboxylic acids is 1. The van der Waals surface area contributed by atoms with Crippen LogP contribution < -0.4 is 9.46 Å². The zero-order chi connectivity index (χ0) is 26.8. The van der Waals surface area contributed by atoms with Crippen LogP contribution in [0.1, 0.15) is 73.7 Å². The van der Waals surface area contributed by atoms with Crippen LogP contribution in [0, 0.1) is 0 Å². The van der Waals surface area contributed by atoms with E-state index in [1.54, 1.807) is 23.5 Å². The van der Waals surface area contributed by atoms with Gasteiger partial charge in [-0.25, -0.2) is 8.42 Å². The number of ketones is 1. The molecule has 0 aliphatic heterocycles. The number of aryl methyl sites for hydroxylation is 1. The zero-order valence-electron chi connectivity index (χ0n) is 22.9. The van der Waals surface area contributed by atoms with Crippen molar-refractivity contribution in [2.75, 3.05) is 37.2 Å². The number of fused-ring (bicyclic) bond motifs is 1. The van der Waals surface area contributed by atoms with Gasteiger partial charge in [-0.3, -0.25) is 9.52 Å². The standard InChI is InChI=1S/C29H40N2O4S2.ClH/c1-5-8-17-31(18-9-6-2)19-10-20-35-24-14-11-22(12-15-24)29(32)28-25-21-23(30-37(4,33)34)13-16-27(25)36-26(28)7-3;/h11-16,21,30H,5-10,17-20H2,1-4H3;1H. The number of thiophene rings is 1. The Morgan fingerprint density at radius 2 is 1.58 bits per heavy atom. The second-order valence-electron chi connectivity index (χ2n) is 9.44. The average molecular weight is 581 g/mol. The molecule has 0 radical (unpaired) electrons. The largest absolute Gasteiger partial charge is 0.494 e. The molecule has 0 aliphatic rings. The Labute approximate surface area is 238 Å². The summed E-state index contributed by atoms with van der Waals surface area (Å²) in [7, 11) is -3.41. The topological polar surface area (TPSA) is 75.7 Å². The SMILES string of the molecule is CCCCN(CCCC)CCCOc1ccc(C(=O)c2c(CC)sc3ccc(NS(C)(=O)=O)cc23)cc1.Cl. The number of anilines is 1. The Kier molecular flexibility index (Phi) is 13.1. The lowest BCUT2D eigenvalue weighted by Crippen LogP contribution is -2.28. The van der Waals surface area contributed by atoms with E-state index in [-0.39, 0.29) is 18.2 Å². The van der Waals surface area contributed by atoms with E-state index in [1.807, 2.05) is 37.3 Å². The summed E-state index contributed by atoms with van der Waals surface area (Å²) in [5.74, 6) is 0.699. The van der Waals surface area contributed by atoms with Crippen molar-refractivity contribution in [2.24, 2.45) is 0 Å². The second-order valence-corrected chi connectivity index (χ2v) is 12.3. The minimum atomic E-state index is -3.41. The van der Waals surface area contributed by atoms with Gasteiger partial charge in [0.2, 0.25) is 10.0 Å². The predicted molar refractivity (Wildman–Crippen MR) is 163 cm³/mol. The minimum Gasteiger partial charge on any atom is -0.494 e. The molecular weight excluding hydrogens is 540 g/mol. The van der Waals surface area contributed by atoms with Crippen molar-refractivity contribution >= 4 is 55.3 Å². The lowest BCUT2D eigenvalue weighted by molar-refractivity contribution is 0.104. The van der Waals surface area contributed by atoms with Crippen molar-refractivity contribution in [3.05, 3.63) is 58.5 Å². The summed E-state index contributed by atoms with van der Waals surface area (Å²) in [6.07, 6.45) is 7.70. The molecule has 0 unspecified atom stereocenters. The van der Waals surface area contributed by atoms with Crippen molar-refractivity contribution in [3.8, 4) is 5.75 Å². The molecule has 9 heteroatoms. The number of halogens is 1. The maximum atomic E-state index is 13.5. The van der Waals surface area contributed by atoms with Gasteiger partial charge in [0, 0.05) is 38.3 Å². The molecule has 6 nitrogen and oxygen atoms in total. The van der Waals surface area contributed by atoms with E-state index in [1.165, 1.54) is 25.7 Å². The van der Waals surface area contributed by atoms with Gasteiger partial charge in [0.05, 0.1) is 12.9 Å². The van der Waals surface area contributed by atoms with Gasteiger partial charge in [-0.05, 0) is 81.2 Å². The van der Waals surface area contributed by atoms with Crippen molar-refractivity contribution in [2.45, 2.75) is 59.3 Å². The summed E-state index contributed by atoms with van der Waals surface area (Å²) in [6.45, 7) is 10.5. The molecule has 0 fully saturated rings. The Bertz CT molecular complexity index is 1270. The van der Waals surface area contributed by atoms with E-state index >= 15 is 0 Å². The molecule has 0 saturated carbocycles. The van der Waals surface area contributed by atoms with Crippen LogP contribution in [-0.4, -0.2) is 51.6 Å². The molecule has 0 bridgehead atoms. The summed E-state index contributed by atoms with van der Waals surface area (Å²) in [4.78, 5) is 17.1. The highest BCUT2D eigenvalue weighted by atomic mass is 35.5. The summed E-state index contributed by atoms with van der Waals surface area (Å²) in [6, 6.07) is 12.7. The van der Waals surface area contributed by atoms with Gasteiger partial charge in [-0.2, -0.15) is 0 Å². The highest BCUT2D eigenvalue weighted by molar-refractivity contribution is 7.92. The van der Waals surface area contributed by atoms with E-state index in [0.717, 1.165) is 59.4 Å². The second kappa shape index (κ2) is 15.5. The lowest BCUT2D eigenvalue weighted by Gasteiger charge is -2.21. The number of rotatable bonds is 16. The van der Waals surface area contributed by atoms with E-state index in [0.29, 0.717) is 23.4 Å². The molecule has 0 aliphatic carbocycles. The van der Waals surface area contributed by atoms with Gasteiger partial charge in [0.1, 0.15) is 5.75 Å². The monoisotopic (exact) mass is 580 g/mol. The van der Waals surface area contributed by atoms with Crippen molar-refractivity contribution in [3.63, 3.8) is 0 Å². The molecule has 1 heterocycles. The number of nitrogens with zero attached hydrogens (tertiary/aromatic N) is 1. The summed E-state index contributed by atoms with van der Waals surface area (Å²) >= 11 is 1.58. The van der Waals surface area contributed by atoms with Crippen LogP contribution >= 0.6 is 23.7 Å². The highest BCUT2D eigenvalue weighted by Gasteiger charge is 2.20. The predicted octanol–water partition coefficient (Wildman–Crippen LogP) is 7.16. The fourth-order valence-corrected chi connectivity index (χ4v) is 6.02. The smallest absolute Gasteiger partial charge is 0.229 e. The van der Waals surface area contributed by atoms with E-state index < -0.39 is 10.0 Å². The molecule has 1 aromatic heterocycles. The fraction of sp³-hybridized carbons (Fsp3) is 0.483. The maximum Gasteiger partial charge on any atom is 0.229 e. The first kappa shape index (κ1) is 32.1. The molecule has 0 spiro atoms. The Morgan fingerprint density at radius 3 is 2.16 bits per heavy atom. The molecule has 3 aromatic rings. The zero-order valence-corrected chi connectivity index (χ0v) is 25.4. The van der Waals surface area contributed by atoms with Crippen molar-refractivity contribution in [1.82, 2.24) is 4.90 Å². The number of hydrogen-bond donors (Lipinski definition) is 1. The van der Waals surface area contributed by atoms with E-state index in [4.69, 9.17) is 4.74 Å². The Hall–Kier alpha value is -2.13. The Morgan fingerprint density at radius 1 is 0.947 bits per heavy atom. The molecule has 210 valence electrons. The number of hydrogen-bond acceptors (Lipinski definition) is 6. The number of unbranched alkanes of at least 4 members (excludes halogenated alkanes) is 2. The van der Waals surface area contributed by atoms with E-state index in [9.17, 15) is 13.2 Å². The third-order valence-electron chi connectivity index (χ3n) is 6.27. The number of ether oxygens (including phenoxy) is 1. The number of carbonyl (C=O) groups is 1. The van der Waals surface area contributed by atoms with Crippen molar-refractivity contribution < 1.29 is 17.9 Å². The minimum absolute atomic E-state index is 0. The number of sulfonamides is 1. The van der Waals surface area contributed by atoms with Crippen LogP contribution in [0.25, 0.3) is 10.1 Å². The van der Waals surface area contributed by atoms with Gasteiger partial charge in [-0.1, -0.05) is 33.6 Å². The molecule has 0 saturated heterocycles. The van der Waals surface area contributed by atoms with Gasteiger partial charge in [0.25, 0.3) is 0 Å². The normalized spacial score (nSPS) is 11.5. The first-order valence-corrected chi connectivity index (χ1v) is 16.0. The average Bonchev–Trinajstić information content (AvgIpc) is 3.24. The van der Waals surface area contributed by atoms with Crippen LogP contribution in [-0.2, 0) is 16.4 Å². The molecule has 3 rings (SSSR count). The summed E-state index contributed by atoms with van der Waals surface area (Å²) in [5, 5.41) is 0.775. The summed E-state index contributed by atoms with van der Waals surface area (Å²) in [5.41, 5.74) is 1.69. The lowest BCUT2D eigenvalue weighted by atomic mass is 9.99. The van der Waals surface area contributed by atoms with Crippen LogP contribution in [0.4, 0.5) is 5.69 Å². The van der Waals surface area contributed by atoms with Gasteiger partial charge in [0.15, 0.2) is 5.78 Å². The van der Waals surface area contributed by atoms with Gasteiger partial charge >= 0.3 is 0 Å². The molecular formula is C29H41ClN2O4S2. The first-order chi connectivity index (χ1) is 17.8. The fourth-order valence-electron chi connectivity index (χ4n) is 4.35. The van der Waals surface area contributed by atoms with E-state index in [2.05, 4.69) is 23.5 Å². The number of nitrogens with one attached hydrogen (secondary N) is 1. The maximum absolute atomic E-state index is 13.5. The van der Waals surface area contributed by atoms with Crippen LogP contribution in [0.2, 0.25) is 0 Å². The number of benzene rings is 2. The third-order valence-corrected chi connectivity index (χ3v) is 8.19. The molecule has 38 heavy (non-hydrogen) atoms. The van der Waals surface area contributed by atoms with Crippen LogP contribution in [0.3, 0.4) is 0 Å². The molecule has 0 amide bonds. The van der Waals surface area contributed by atoms with Gasteiger partial charge in [-0.15, -0.1) is 23.7 Å². The molecule has 2 aromatic carbocycles. The quantitative estimate of drug-likeness (QED) is 0.144. The van der Waals surface area contributed by atoms with Crippen molar-refractivity contribution in [1.29, 1.82) is 0 Å².